The van der Waals surface area contributed by atoms with E-state index >= 15 is 0 Å². The van der Waals surface area contributed by atoms with Gasteiger partial charge in [0.05, 0.1) is 5.56 Å². The lowest BCUT2D eigenvalue weighted by Crippen LogP contribution is -2.11. The van der Waals surface area contributed by atoms with Crippen molar-refractivity contribution in [1.82, 2.24) is 4.98 Å². The molecule has 0 saturated carbocycles. The molecule has 2 aromatic carbocycles. The summed E-state index contributed by atoms with van der Waals surface area (Å²) in [6.45, 7) is 0.293. The van der Waals surface area contributed by atoms with E-state index in [1.165, 1.54) is 30.5 Å². The van der Waals surface area contributed by atoms with Crippen molar-refractivity contribution in [3.05, 3.63) is 99.5 Å². The fraction of sp³-hybridized carbons (Fsp3) is 0.136. The second-order valence-electron chi connectivity index (χ2n) is 6.27. The predicted molar refractivity (Wildman–Crippen MR) is 104 cm³/mol. The number of aryl methyl sites for hydroxylation is 1. The smallest absolute Gasteiger partial charge is 0.335 e. The highest BCUT2D eigenvalue weighted by Crippen LogP contribution is 2.11. The van der Waals surface area contributed by atoms with Gasteiger partial charge in [-0.1, -0.05) is 42.5 Å². The van der Waals surface area contributed by atoms with Crippen LogP contribution in [0.4, 0.5) is 0 Å². The molecule has 0 atom stereocenters. The Bertz CT molecular complexity index is 1040. The number of carbonyl (C=O) groups is 2. The van der Waals surface area contributed by atoms with Crippen molar-refractivity contribution < 1.29 is 19.4 Å². The molecule has 0 aliphatic rings. The van der Waals surface area contributed by atoms with Crippen LogP contribution in [0.3, 0.4) is 0 Å². The van der Waals surface area contributed by atoms with E-state index in [1.807, 2.05) is 30.3 Å². The Labute approximate surface area is 161 Å². The highest BCUT2D eigenvalue weighted by molar-refractivity contribution is 5.98. The molecule has 1 aromatic heterocycles. The molecular formula is C22H19NO5. The van der Waals surface area contributed by atoms with Crippen molar-refractivity contribution in [3.63, 3.8) is 0 Å². The lowest BCUT2D eigenvalue weighted by Gasteiger charge is -2.07. The first-order chi connectivity index (χ1) is 13.5. The van der Waals surface area contributed by atoms with Gasteiger partial charge in [0.2, 0.25) is 5.43 Å². The molecule has 2 N–H and O–H groups in total. The Morgan fingerprint density at radius 3 is 2.43 bits per heavy atom. The summed E-state index contributed by atoms with van der Waals surface area (Å²) in [5.41, 5.74) is 1.72. The monoisotopic (exact) mass is 377 g/mol. The number of carboxylic acid groups (broad SMARTS) is 1. The third-order valence-electron chi connectivity index (χ3n) is 4.23. The second-order valence-corrected chi connectivity index (χ2v) is 6.27. The number of aromatic carboxylic acids is 1. The number of pyridine rings is 1. The Balaban J connectivity index is 1.60. The molecule has 28 heavy (non-hydrogen) atoms. The standard InChI is InChI=1S/C22H19NO5/c24-19(16-7-4-8-17(11-16)22(26)27)10-9-18-12-20(25)21(13-23-18)28-14-15-5-2-1-3-6-15/h1-8,11-13H,9-10,14H2,(H,23,25)(H,26,27). The van der Waals surface area contributed by atoms with E-state index in [9.17, 15) is 14.4 Å². The molecule has 1 heterocycles. The van der Waals surface area contributed by atoms with E-state index in [0.717, 1.165) is 5.56 Å². The van der Waals surface area contributed by atoms with Gasteiger partial charge in [0.15, 0.2) is 11.5 Å². The number of ether oxygens (including phenoxy) is 1. The van der Waals surface area contributed by atoms with Crippen LogP contribution in [0.1, 0.15) is 38.4 Å². The SMILES string of the molecule is O=C(O)c1cccc(C(=O)CCc2cc(=O)c(OCc3ccccc3)c[nH]2)c1. The number of carboxylic acids is 1. The van der Waals surface area contributed by atoms with Gasteiger partial charge in [-0.25, -0.2) is 4.79 Å². The van der Waals surface area contributed by atoms with Gasteiger partial charge in [-0.05, 0) is 24.1 Å². The Kier molecular flexibility index (Phi) is 6.01. The molecule has 142 valence electrons. The summed E-state index contributed by atoms with van der Waals surface area (Å²) in [6.07, 6.45) is 1.99. The van der Waals surface area contributed by atoms with Gasteiger partial charge in [-0.15, -0.1) is 0 Å². The molecule has 0 aliphatic carbocycles. The number of aromatic nitrogens is 1. The number of ketones is 1. The number of aromatic amines is 1. The first-order valence-electron chi connectivity index (χ1n) is 8.78. The van der Waals surface area contributed by atoms with E-state index in [0.29, 0.717) is 24.3 Å². The van der Waals surface area contributed by atoms with Gasteiger partial charge in [-0.2, -0.15) is 0 Å². The van der Waals surface area contributed by atoms with Crippen molar-refractivity contribution in [3.8, 4) is 5.75 Å². The van der Waals surface area contributed by atoms with Crippen molar-refractivity contribution in [2.24, 2.45) is 0 Å². The minimum Gasteiger partial charge on any atom is -0.483 e. The fourth-order valence-corrected chi connectivity index (χ4v) is 2.71. The third kappa shape index (κ3) is 4.94. The molecule has 6 heteroatoms. The van der Waals surface area contributed by atoms with Crippen LogP contribution in [0, 0.1) is 0 Å². The Morgan fingerprint density at radius 2 is 1.71 bits per heavy atom. The number of rotatable bonds is 8. The average molecular weight is 377 g/mol. The topological polar surface area (TPSA) is 96.5 Å². The van der Waals surface area contributed by atoms with E-state index < -0.39 is 5.97 Å². The van der Waals surface area contributed by atoms with Gasteiger partial charge in [0.1, 0.15) is 6.61 Å². The highest BCUT2D eigenvalue weighted by Gasteiger charge is 2.11. The minimum absolute atomic E-state index is 0.0687. The largest absolute Gasteiger partial charge is 0.483 e. The van der Waals surface area contributed by atoms with Crippen molar-refractivity contribution in [2.45, 2.75) is 19.4 Å². The number of H-pyrrole nitrogens is 1. The number of hydrogen-bond acceptors (Lipinski definition) is 4. The summed E-state index contributed by atoms with van der Waals surface area (Å²) in [7, 11) is 0. The molecule has 0 bridgehead atoms. The Hall–Kier alpha value is -3.67. The normalized spacial score (nSPS) is 10.4. The van der Waals surface area contributed by atoms with Crippen LogP contribution in [-0.4, -0.2) is 21.8 Å². The maximum Gasteiger partial charge on any atom is 0.335 e. The summed E-state index contributed by atoms with van der Waals surface area (Å²) >= 11 is 0. The molecular weight excluding hydrogens is 358 g/mol. The summed E-state index contributed by atoms with van der Waals surface area (Å²) in [5, 5.41) is 9.01. The molecule has 0 fully saturated rings. The predicted octanol–water partition coefficient (Wildman–Crippen LogP) is 3.47. The quantitative estimate of drug-likeness (QED) is 0.586. The van der Waals surface area contributed by atoms with Crippen LogP contribution in [0.2, 0.25) is 0 Å². The maximum atomic E-state index is 12.3. The highest BCUT2D eigenvalue weighted by atomic mass is 16.5. The fourth-order valence-electron chi connectivity index (χ4n) is 2.71. The van der Waals surface area contributed by atoms with Crippen LogP contribution in [0.5, 0.6) is 5.75 Å². The number of nitrogens with one attached hydrogen (secondary N) is 1. The lowest BCUT2D eigenvalue weighted by molar-refractivity contribution is 0.0697. The molecule has 0 radical (unpaired) electrons. The number of hydrogen-bond donors (Lipinski definition) is 2. The van der Waals surface area contributed by atoms with Crippen LogP contribution < -0.4 is 10.2 Å². The van der Waals surface area contributed by atoms with E-state index in [4.69, 9.17) is 9.84 Å². The first kappa shape index (κ1) is 19.1. The first-order valence-corrected chi connectivity index (χ1v) is 8.78. The van der Waals surface area contributed by atoms with E-state index in [-0.39, 0.29) is 28.9 Å². The lowest BCUT2D eigenvalue weighted by atomic mass is 10.0. The van der Waals surface area contributed by atoms with E-state index in [1.54, 1.807) is 6.07 Å². The average Bonchev–Trinajstić information content (AvgIpc) is 2.72. The van der Waals surface area contributed by atoms with E-state index in [2.05, 4.69) is 4.98 Å². The van der Waals surface area contributed by atoms with Crippen molar-refractivity contribution >= 4 is 11.8 Å². The molecule has 0 spiro atoms. The van der Waals surface area contributed by atoms with Gasteiger partial charge in [0, 0.05) is 29.9 Å². The van der Waals surface area contributed by atoms with Crippen LogP contribution >= 0.6 is 0 Å². The van der Waals surface area contributed by atoms with Gasteiger partial charge in [-0.3, -0.25) is 9.59 Å². The minimum atomic E-state index is -1.08. The zero-order valence-electron chi connectivity index (χ0n) is 15.1. The zero-order chi connectivity index (χ0) is 19.9. The van der Waals surface area contributed by atoms with Crippen molar-refractivity contribution in [1.29, 1.82) is 0 Å². The van der Waals surface area contributed by atoms with Gasteiger partial charge < -0.3 is 14.8 Å². The summed E-state index contributed by atoms with van der Waals surface area (Å²) in [6, 6.07) is 16.9. The zero-order valence-corrected chi connectivity index (χ0v) is 15.1. The second kappa shape index (κ2) is 8.81. The molecule has 6 nitrogen and oxygen atoms in total. The van der Waals surface area contributed by atoms with Gasteiger partial charge in [0.25, 0.3) is 0 Å². The molecule has 0 aliphatic heterocycles. The number of benzene rings is 2. The Morgan fingerprint density at radius 1 is 0.964 bits per heavy atom. The van der Waals surface area contributed by atoms with Crippen LogP contribution in [0.25, 0.3) is 0 Å². The maximum absolute atomic E-state index is 12.3. The van der Waals surface area contributed by atoms with Crippen LogP contribution in [-0.2, 0) is 13.0 Å². The third-order valence-corrected chi connectivity index (χ3v) is 4.23. The summed E-state index contributed by atoms with van der Waals surface area (Å²) in [5.74, 6) is -1.05. The molecule has 3 aromatic rings. The molecule has 0 unspecified atom stereocenters. The van der Waals surface area contributed by atoms with Crippen molar-refractivity contribution in [2.75, 3.05) is 0 Å². The molecule has 0 amide bonds. The molecule has 0 saturated heterocycles. The summed E-state index contributed by atoms with van der Waals surface area (Å²) < 4.78 is 5.54. The van der Waals surface area contributed by atoms with Crippen LogP contribution in [0.15, 0.2) is 71.7 Å². The number of Topliss-reactive ketones (excluding diaryl/α,β-unsaturated/α-hetero) is 1. The number of carbonyl (C=O) groups excluding carboxylic acids is 1. The van der Waals surface area contributed by atoms with Gasteiger partial charge >= 0.3 is 5.97 Å². The summed E-state index contributed by atoms with van der Waals surface area (Å²) in [4.78, 5) is 38.5. The molecule has 3 rings (SSSR count).